The van der Waals surface area contributed by atoms with Crippen molar-refractivity contribution in [3.8, 4) is 11.5 Å². The lowest BCUT2D eigenvalue weighted by atomic mass is 10.1. The predicted octanol–water partition coefficient (Wildman–Crippen LogP) is 3.02. The van der Waals surface area contributed by atoms with Gasteiger partial charge in [0.25, 0.3) is 0 Å². The van der Waals surface area contributed by atoms with E-state index in [0.29, 0.717) is 35.4 Å². The highest BCUT2D eigenvalue weighted by Gasteiger charge is 2.07. The van der Waals surface area contributed by atoms with Gasteiger partial charge in [-0.15, -0.1) is 24.0 Å². The van der Waals surface area contributed by atoms with Crippen LogP contribution in [-0.2, 0) is 22.8 Å². The Morgan fingerprint density at radius 2 is 1.60 bits per heavy atom. The van der Waals surface area contributed by atoms with Crippen LogP contribution in [0, 0.1) is 0 Å². The zero-order valence-electron chi connectivity index (χ0n) is 17.8. The van der Waals surface area contributed by atoms with Crippen molar-refractivity contribution < 1.29 is 17.9 Å². The number of nitrogens with zero attached hydrogens (tertiary/aromatic N) is 1. The van der Waals surface area contributed by atoms with Crippen molar-refractivity contribution in [3.63, 3.8) is 0 Å². The molecule has 0 heterocycles. The normalized spacial score (nSPS) is 11.4. The predicted molar refractivity (Wildman–Crippen MR) is 131 cm³/mol. The molecule has 2 rings (SSSR count). The molecule has 0 radical (unpaired) electrons. The van der Waals surface area contributed by atoms with Gasteiger partial charge >= 0.3 is 0 Å². The highest BCUT2D eigenvalue weighted by molar-refractivity contribution is 14.0. The summed E-state index contributed by atoms with van der Waals surface area (Å²) in [5, 5.41) is 6.53. The second kappa shape index (κ2) is 12.6. The van der Waals surface area contributed by atoms with Crippen molar-refractivity contribution in [2.75, 3.05) is 33.6 Å². The topological polar surface area (TPSA) is 89.0 Å². The molecule has 0 atom stereocenters. The third kappa shape index (κ3) is 8.02. The van der Waals surface area contributed by atoms with Gasteiger partial charge in [0, 0.05) is 19.3 Å². The van der Waals surface area contributed by atoms with E-state index in [9.17, 15) is 8.42 Å². The van der Waals surface area contributed by atoms with E-state index < -0.39 is 9.84 Å². The molecule has 0 amide bonds. The fourth-order valence-corrected chi connectivity index (χ4v) is 3.35. The van der Waals surface area contributed by atoms with Gasteiger partial charge in [-0.2, -0.15) is 0 Å². The van der Waals surface area contributed by atoms with E-state index in [0.717, 1.165) is 24.1 Å². The minimum Gasteiger partial charge on any atom is -0.493 e. The van der Waals surface area contributed by atoms with Crippen molar-refractivity contribution in [2.24, 2.45) is 4.99 Å². The number of aliphatic imine (C=N–C) groups is 1. The first-order valence-electron chi connectivity index (χ1n) is 9.39. The molecule has 2 N–H and O–H groups in total. The molecule has 7 nitrogen and oxygen atoms in total. The van der Waals surface area contributed by atoms with E-state index >= 15 is 0 Å². The van der Waals surface area contributed by atoms with Gasteiger partial charge in [-0.3, -0.25) is 0 Å². The van der Waals surface area contributed by atoms with E-state index in [1.54, 1.807) is 38.5 Å². The maximum Gasteiger partial charge on any atom is 0.191 e. The second-order valence-corrected chi connectivity index (χ2v) is 8.49. The first kappa shape index (κ1) is 26.0. The lowest BCUT2D eigenvalue weighted by Gasteiger charge is -2.13. The summed E-state index contributed by atoms with van der Waals surface area (Å²) in [4.78, 5) is 4.88. The lowest BCUT2D eigenvalue weighted by Crippen LogP contribution is -2.38. The molecule has 166 valence electrons. The summed E-state index contributed by atoms with van der Waals surface area (Å²) < 4.78 is 33.7. The maximum absolute atomic E-state index is 11.5. The van der Waals surface area contributed by atoms with Crippen LogP contribution in [0.1, 0.15) is 18.1 Å². The van der Waals surface area contributed by atoms with Crippen molar-refractivity contribution >= 4 is 39.8 Å². The largest absolute Gasteiger partial charge is 0.493 e. The first-order valence-corrected chi connectivity index (χ1v) is 11.3. The standard InChI is InChI=1S/C21H29N3O4S.HI/c1-5-22-21(24-15-17-6-9-18(10-7-17)29(4,25)26)23-13-12-16-8-11-19(27-2)20(14-16)28-3;/h6-11,14H,5,12-13,15H2,1-4H3,(H2,22,23,24);1H. The molecule has 0 aliphatic heterocycles. The van der Waals surface area contributed by atoms with Crippen LogP contribution in [0.3, 0.4) is 0 Å². The van der Waals surface area contributed by atoms with Crippen molar-refractivity contribution in [1.29, 1.82) is 0 Å². The molecule has 0 spiro atoms. The van der Waals surface area contributed by atoms with E-state index in [2.05, 4.69) is 15.6 Å². The molecule has 0 bridgehead atoms. The second-order valence-electron chi connectivity index (χ2n) is 6.48. The van der Waals surface area contributed by atoms with E-state index in [-0.39, 0.29) is 24.0 Å². The molecule has 0 aliphatic rings. The van der Waals surface area contributed by atoms with Gasteiger partial charge in [0.2, 0.25) is 0 Å². The van der Waals surface area contributed by atoms with Crippen LogP contribution in [0.15, 0.2) is 52.4 Å². The quantitative estimate of drug-likeness (QED) is 0.285. The molecule has 0 aliphatic carbocycles. The Balaban J connectivity index is 0.00000450. The zero-order valence-corrected chi connectivity index (χ0v) is 20.9. The Morgan fingerprint density at radius 1 is 0.967 bits per heavy atom. The number of hydrogen-bond acceptors (Lipinski definition) is 5. The van der Waals surface area contributed by atoms with Crippen LogP contribution in [0.5, 0.6) is 11.5 Å². The van der Waals surface area contributed by atoms with Gasteiger partial charge in [0.05, 0.1) is 25.7 Å². The first-order chi connectivity index (χ1) is 13.9. The number of halogens is 1. The minimum atomic E-state index is -3.18. The number of hydrogen-bond donors (Lipinski definition) is 2. The Labute approximate surface area is 196 Å². The molecule has 2 aromatic rings. The number of nitrogens with one attached hydrogen (secondary N) is 2. The number of sulfone groups is 1. The molecule has 0 saturated carbocycles. The molecule has 30 heavy (non-hydrogen) atoms. The molecule has 0 unspecified atom stereocenters. The SMILES string of the molecule is CCNC(=NCc1ccc(S(C)(=O)=O)cc1)NCCc1ccc(OC)c(OC)c1.I. The van der Waals surface area contributed by atoms with Crippen molar-refractivity contribution in [2.45, 2.75) is 24.8 Å². The Bertz CT molecular complexity index is 932. The fraction of sp³-hybridized carbons (Fsp3) is 0.381. The summed E-state index contributed by atoms with van der Waals surface area (Å²) in [6.45, 7) is 3.91. The summed E-state index contributed by atoms with van der Waals surface area (Å²) >= 11 is 0. The van der Waals surface area contributed by atoms with Crippen LogP contribution in [0.2, 0.25) is 0 Å². The summed E-state index contributed by atoms with van der Waals surface area (Å²) in [6, 6.07) is 12.7. The van der Waals surface area contributed by atoms with E-state index in [1.807, 2.05) is 25.1 Å². The van der Waals surface area contributed by atoms with Gasteiger partial charge in [-0.1, -0.05) is 18.2 Å². The highest BCUT2D eigenvalue weighted by Crippen LogP contribution is 2.27. The molecule has 0 aromatic heterocycles. The zero-order chi connectivity index (χ0) is 21.3. The average molecular weight is 547 g/mol. The summed E-state index contributed by atoms with van der Waals surface area (Å²) in [5.74, 6) is 2.13. The van der Waals surface area contributed by atoms with Gasteiger partial charge in [0.15, 0.2) is 27.3 Å². The number of guanidine groups is 1. The summed E-state index contributed by atoms with van der Waals surface area (Å²) in [5.41, 5.74) is 2.07. The third-order valence-electron chi connectivity index (χ3n) is 4.27. The number of benzene rings is 2. The number of methoxy groups -OCH3 is 2. The molecule has 2 aromatic carbocycles. The smallest absolute Gasteiger partial charge is 0.191 e. The van der Waals surface area contributed by atoms with Crippen molar-refractivity contribution in [3.05, 3.63) is 53.6 Å². The molecule has 0 fully saturated rings. The monoisotopic (exact) mass is 547 g/mol. The molecule has 0 saturated heterocycles. The van der Waals surface area contributed by atoms with Gasteiger partial charge < -0.3 is 20.1 Å². The Hall–Kier alpha value is -2.01. The Morgan fingerprint density at radius 3 is 2.17 bits per heavy atom. The van der Waals surface area contributed by atoms with Crippen LogP contribution < -0.4 is 20.1 Å². The van der Waals surface area contributed by atoms with Gasteiger partial charge in [0.1, 0.15) is 0 Å². The Kier molecular flexibility index (Phi) is 11.0. The molecule has 9 heteroatoms. The van der Waals surface area contributed by atoms with Crippen LogP contribution >= 0.6 is 24.0 Å². The average Bonchev–Trinajstić information content (AvgIpc) is 2.71. The third-order valence-corrected chi connectivity index (χ3v) is 5.40. The van der Waals surface area contributed by atoms with Gasteiger partial charge in [-0.25, -0.2) is 13.4 Å². The van der Waals surface area contributed by atoms with Crippen LogP contribution in [-0.4, -0.2) is 47.9 Å². The van der Waals surface area contributed by atoms with Crippen LogP contribution in [0.25, 0.3) is 0 Å². The van der Waals surface area contributed by atoms with E-state index in [1.165, 1.54) is 6.26 Å². The number of rotatable bonds is 9. The molecular formula is C21H30IN3O4S. The minimum absolute atomic E-state index is 0. The summed E-state index contributed by atoms with van der Waals surface area (Å²) in [7, 11) is 0.0566. The fourth-order valence-electron chi connectivity index (χ4n) is 2.72. The maximum atomic E-state index is 11.5. The van der Waals surface area contributed by atoms with Gasteiger partial charge in [-0.05, 0) is 48.7 Å². The lowest BCUT2D eigenvalue weighted by molar-refractivity contribution is 0.354. The highest BCUT2D eigenvalue weighted by atomic mass is 127. The molecular weight excluding hydrogens is 517 g/mol. The van der Waals surface area contributed by atoms with Crippen molar-refractivity contribution in [1.82, 2.24) is 10.6 Å². The number of ether oxygens (including phenoxy) is 2. The van der Waals surface area contributed by atoms with Crippen LogP contribution in [0.4, 0.5) is 0 Å². The summed E-state index contributed by atoms with van der Waals surface area (Å²) in [6.07, 6.45) is 2.00. The van der Waals surface area contributed by atoms with E-state index in [4.69, 9.17) is 9.47 Å².